The van der Waals surface area contributed by atoms with Crippen molar-refractivity contribution >= 4 is 23.2 Å². The Kier molecular flexibility index (Phi) is 1.93. The van der Waals surface area contributed by atoms with E-state index in [0.29, 0.717) is 11.7 Å². The Morgan fingerprint density at radius 1 is 1.56 bits per heavy atom. The van der Waals surface area contributed by atoms with Gasteiger partial charge in [0, 0.05) is 6.54 Å². The van der Waals surface area contributed by atoms with E-state index in [1.807, 2.05) is 6.92 Å². The van der Waals surface area contributed by atoms with Crippen molar-refractivity contribution in [3.05, 3.63) is 10.3 Å². The first kappa shape index (κ1) is 6.83. The second-order valence-corrected chi connectivity index (χ2v) is 2.20. The maximum absolute atomic E-state index is 5.61. The fraction of sp³-hybridized carbons (Fsp3) is 0.500. The van der Waals surface area contributed by atoms with Crippen LogP contribution in [0.25, 0.3) is 0 Å². The molecular formula is C4H5Cl2N3. The average Bonchev–Trinajstić information content (AvgIpc) is 2.15. The van der Waals surface area contributed by atoms with Crippen molar-refractivity contribution in [2.45, 2.75) is 13.5 Å². The fourth-order valence-electron chi connectivity index (χ4n) is 0.482. The van der Waals surface area contributed by atoms with E-state index in [2.05, 4.69) is 10.3 Å². The van der Waals surface area contributed by atoms with Crippen molar-refractivity contribution in [3.63, 3.8) is 0 Å². The van der Waals surface area contributed by atoms with Gasteiger partial charge in [0.15, 0.2) is 10.3 Å². The average molecular weight is 166 g/mol. The molecule has 0 spiro atoms. The van der Waals surface area contributed by atoms with Crippen LogP contribution in [0.15, 0.2) is 0 Å². The molecule has 0 saturated heterocycles. The molecule has 0 amide bonds. The second-order valence-electron chi connectivity index (χ2n) is 1.49. The summed E-state index contributed by atoms with van der Waals surface area (Å²) >= 11 is 11.1. The highest BCUT2D eigenvalue weighted by molar-refractivity contribution is 6.40. The van der Waals surface area contributed by atoms with Gasteiger partial charge < -0.3 is 0 Å². The smallest absolute Gasteiger partial charge is 0.190 e. The van der Waals surface area contributed by atoms with Crippen molar-refractivity contribution in [1.82, 2.24) is 15.0 Å². The summed E-state index contributed by atoms with van der Waals surface area (Å²) in [4.78, 5) is 0. The van der Waals surface area contributed by atoms with Crippen LogP contribution in [0.3, 0.4) is 0 Å². The standard InChI is InChI=1S/C4H5Cl2N3/c1-2-9-4(6)3(5)7-8-9/h2H2,1H3. The molecule has 0 aliphatic rings. The molecule has 0 aromatic carbocycles. The predicted octanol–water partition coefficient (Wildman–Crippen LogP) is 1.60. The van der Waals surface area contributed by atoms with Gasteiger partial charge in [-0.2, -0.15) is 0 Å². The van der Waals surface area contributed by atoms with Crippen molar-refractivity contribution in [1.29, 1.82) is 0 Å². The van der Waals surface area contributed by atoms with Gasteiger partial charge in [0.1, 0.15) is 0 Å². The Morgan fingerprint density at radius 2 is 2.22 bits per heavy atom. The van der Waals surface area contributed by atoms with E-state index in [9.17, 15) is 0 Å². The minimum absolute atomic E-state index is 0.263. The van der Waals surface area contributed by atoms with E-state index < -0.39 is 0 Å². The Bertz CT molecular complexity index is 208. The highest BCUT2D eigenvalue weighted by atomic mass is 35.5. The number of nitrogens with zero attached hydrogens (tertiary/aromatic N) is 3. The van der Waals surface area contributed by atoms with Gasteiger partial charge >= 0.3 is 0 Å². The lowest BCUT2D eigenvalue weighted by Gasteiger charge is -1.91. The van der Waals surface area contributed by atoms with Crippen LogP contribution in [0.2, 0.25) is 10.3 Å². The predicted molar refractivity (Wildman–Crippen MR) is 35.7 cm³/mol. The molecule has 0 bridgehead atoms. The first-order valence-corrected chi connectivity index (χ1v) is 3.25. The van der Waals surface area contributed by atoms with E-state index >= 15 is 0 Å². The Balaban J connectivity index is 3.04. The quantitative estimate of drug-likeness (QED) is 0.634. The number of rotatable bonds is 1. The van der Waals surface area contributed by atoms with Gasteiger partial charge in [-0.3, -0.25) is 0 Å². The topological polar surface area (TPSA) is 30.7 Å². The number of halogens is 2. The van der Waals surface area contributed by atoms with Crippen LogP contribution in [-0.4, -0.2) is 15.0 Å². The molecular weight excluding hydrogens is 161 g/mol. The molecule has 0 atom stereocenters. The minimum Gasteiger partial charge on any atom is -0.232 e. The highest BCUT2D eigenvalue weighted by Gasteiger charge is 2.04. The molecule has 5 heteroatoms. The lowest BCUT2D eigenvalue weighted by Crippen LogP contribution is -1.95. The maximum Gasteiger partial charge on any atom is 0.190 e. The van der Waals surface area contributed by atoms with Crippen LogP contribution in [0, 0.1) is 0 Å². The molecule has 0 saturated carbocycles. The maximum atomic E-state index is 5.61. The summed E-state index contributed by atoms with van der Waals surface area (Å²) in [5, 5.41) is 7.83. The number of aryl methyl sites for hydroxylation is 1. The fourth-order valence-corrected chi connectivity index (χ4v) is 0.805. The van der Waals surface area contributed by atoms with Crippen LogP contribution in [0.5, 0.6) is 0 Å². The monoisotopic (exact) mass is 165 g/mol. The van der Waals surface area contributed by atoms with Gasteiger partial charge in [-0.25, -0.2) is 4.68 Å². The zero-order chi connectivity index (χ0) is 6.85. The summed E-state index contributed by atoms with van der Waals surface area (Å²) in [6.07, 6.45) is 0. The summed E-state index contributed by atoms with van der Waals surface area (Å²) < 4.78 is 1.52. The molecule has 1 aromatic rings. The molecule has 9 heavy (non-hydrogen) atoms. The van der Waals surface area contributed by atoms with Crippen LogP contribution in [-0.2, 0) is 6.54 Å². The van der Waals surface area contributed by atoms with Gasteiger partial charge in [-0.05, 0) is 6.92 Å². The second kappa shape index (κ2) is 2.54. The van der Waals surface area contributed by atoms with E-state index in [0.717, 1.165) is 0 Å². The third-order valence-corrected chi connectivity index (χ3v) is 1.66. The molecule has 0 N–H and O–H groups in total. The zero-order valence-electron chi connectivity index (χ0n) is 4.80. The summed E-state index contributed by atoms with van der Waals surface area (Å²) in [5.74, 6) is 0. The molecule has 1 heterocycles. The van der Waals surface area contributed by atoms with Gasteiger partial charge in [0.2, 0.25) is 0 Å². The highest BCUT2D eigenvalue weighted by Crippen LogP contribution is 2.16. The third-order valence-electron chi connectivity index (χ3n) is 0.937. The molecule has 0 unspecified atom stereocenters. The SMILES string of the molecule is CCn1nnc(Cl)c1Cl. The Labute approximate surface area is 62.6 Å². The molecule has 0 radical (unpaired) electrons. The Morgan fingerprint density at radius 3 is 2.44 bits per heavy atom. The number of hydrogen-bond donors (Lipinski definition) is 0. The van der Waals surface area contributed by atoms with Gasteiger partial charge in [-0.15, -0.1) is 5.10 Å². The van der Waals surface area contributed by atoms with E-state index in [1.165, 1.54) is 4.68 Å². The first-order valence-electron chi connectivity index (χ1n) is 2.50. The molecule has 3 nitrogen and oxygen atoms in total. The van der Waals surface area contributed by atoms with Gasteiger partial charge in [0.25, 0.3) is 0 Å². The number of hydrogen-bond acceptors (Lipinski definition) is 2. The Hall–Kier alpha value is -0.280. The molecule has 0 aliphatic heterocycles. The normalized spacial score (nSPS) is 10.1. The van der Waals surface area contributed by atoms with Crippen molar-refractivity contribution in [2.24, 2.45) is 0 Å². The lowest BCUT2D eigenvalue weighted by molar-refractivity contribution is 0.627. The van der Waals surface area contributed by atoms with Crippen molar-refractivity contribution in [2.75, 3.05) is 0 Å². The van der Waals surface area contributed by atoms with Crippen molar-refractivity contribution < 1.29 is 0 Å². The van der Waals surface area contributed by atoms with Crippen LogP contribution in [0.1, 0.15) is 6.92 Å². The van der Waals surface area contributed by atoms with Crippen LogP contribution < -0.4 is 0 Å². The lowest BCUT2D eigenvalue weighted by atomic mass is 10.7. The van der Waals surface area contributed by atoms with E-state index in [4.69, 9.17) is 23.2 Å². The summed E-state index contributed by atoms with van der Waals surface area (Å²) in [7, 11) is 0. The van der Waals surface area contributed by atoms with Crippen LogP contribution >= 0.6 is 23.2 Å². The van der Waals surface area contributed by atoms with E-state index in [1.54, 1.807) is 0 Å². The molecule has 0 fully saturated rings. The number of aromatic nitrogens is 3. The molecule has 1 rings (SSSR count). The van der Waals surface area contributed by atoms with E-state index in [-0.39, 0.29) is 5.15 Å². The summed E-state index contributed by atoms with van der Waals surface area (Å²) in [6.45, 7) is 2.61. The van der Waals surface area contributed by atoms with Crippen molar-refractivity contribution in [3.8, 4) is 0 Å². The third kappa shape index (κ3) is 1.17. The van der Waals surface area contributed by atoms with Crippen LogP contribution in [0.4, 0.5) is 0 Å². The molecule has 50 valence electrons. The minimum atomic E-state index is 0.263. The largest absolute Gasteiger partial charge is 0.232 e. The molecule has 1 aromatic heterocycles. The summed E-state index contributed by atoms with van der Waals surface area (Å²) in [6, 6.07) is 0. The van der Waals surface area contributed by atoms with Gasteiger partial charge in [-0.1, -0.05) is 28.4 Å². The molecule has 0 aliphatic carbocycles. The summed E-state index contributed by atoms with van der Waals surface area (Å²) in [5.41, 5.74) is 0. The van der Waals surface area contributed by atoms with Gasteiger partial charge in [0.05, 0.1) is 0 Å². The zero-order valence-corrected chi connectivity index (χ0v) is 6.32. The first-order chi connectivity index (χ1) is 4.25.